The second-order valence-corrected chi connectivity index (χ2v) is 2.23. The highest BCUT2D eigenvalue weighted by Crippen LogP contribution is 2.27. The van der Waals surface area contributed by atoms with Gasteiger partial charge in [0.05, 0.1) is 9.95 Å². The minimum Gasteiger partial charge on any atom is -0.392 e. The number of anilines is 1. The number of nitrogen functional groups attached to an aromatic ring is 1. The Morgan fingerprint density at radius 2 is 2.36 bits per heavy atom. The topological polar surface area (TPSA) is 69.2 Å². The molecule has 0 atom stereocenters. The zero-order valence-corrected chi connectivity index (χ0v) is 6.13. The van der Waals surface area contributed by atoms with Gasteiger partial charge in [-0.15, -0.1) is 0 Å². The van der Waals surface area contributed by atoms with Crippen LogP contribution in [0.25, 0.3) is 0 Å². The van der Waals surface area contributed by atoms with Crippen LogP contribution in [0.15, 0.2) is 12.1 Å². The van der Waals surface area contributed by atoms with E-state index in [-0.39, 0.29) is 16.4 Å². The Balaban J connectivity index is 3.27. The number of nitro groups is 1. The van der Waals surface area contributed by atoms with Crippen LogP contribution in [0.1, 0.15) is 0 Å². The van der Waals surface area contributed by atoms with Gasteiger partial charge in [-0.05, 0) is 6.07 Å². The molecule has 0 aliphatic carbocycles. The molecule has 0 aromatic heterocycles. The highest BCUT2D eigenvalue weighted by atomic mass is 35.5. The first kappa shape index (κ1) is 7.81. The molecule has 0 heterocycles. The lowest BCUT2D eigenvalue weighted by Crippen LogP contribution is -1.95. The van der Waals surface area contributed by atoms with Crippen LogP contribution in [0.2, 0.25) is 5.02 Å². The number of hydrogen-bond acceptors (Lipinski definition) is 3. The predicted octanol–water partition coefficient (Wildman–Crippen LogP) is 1.63. The third-order valence-corrected chi connectivity index (χ3v) is 1.47. The van der Waals surface area contributed by atoms with Gasteiger partial charge in [0.1, 0.15) is 5.69 Å². The molecule has 1 aromatic rings. The third-order valence-electron chi connectivity index (χ3n) is 1.16. The lowest BCUT2D eigenvalue weighted by atomic mass is 10.3. The maximum atomic E-state index is 10.2. The summed E-state index contributed by atoms with van der Waals surface area (Å²) in [6.45, 7) is 0. The summed E-state index contributed by atoms with van der Waals surface area (Å²) in [6, 6.07) is 5.14. The lowest BCUT2D eigenvalue weighted by Gasteiger charge is -1.96. The molecule has 0 bridgehead atoms. The maximum absolute atomic E-state index is 10.2. The molecule has 57 valence electrons. The van der Waals surface area contributed by atoms with Gasteiger partial charge in [0.2, 0.25) is 0 Å². The van der Waals surface area contributed by atoms with Crippen LogP contribution < -0.4 is 5.73 Å². The first-order valence-corrected chi connectivity index (χ1v) is 3.11. The van der Waals surface area contributed by atoms with Crippen LogP contribution in [-0.2, 0) is 0 Å². The Morgan fingerprint density at radius 1 is 1.73 bits per heavy atom. The molecule has 5 heteroatoms. The summed E-state index contributed by atoms with van der Waals surface area (Å²) >= 11 is 5.47. The van der Waals surface area contributed by atoms with E-state index in [1.54, 1.807) is 0 Å². The summed E-state index contributed by atoms with van der Waals surface area (Å²) in [6.07, 6.45) is 0. The molecule has 2 N–H and O–H groups in total. The molecule has 0 aliphatic rings. The first-order chi connectivity index (χ1) is 5.13. The van der Waals surface area contributed by atoms with Crippen LogP contribution in [0.4, 0.5) is 11.4 Å². The van der Waals surface area contributed by atoms with E-state index < -0.39 is 4.92 Å². The van der Waals surface area contributed by atoms with Gasteiger partial charge in [0.15, 0.2) is 0 Å². The van der Waals surface area contributed by atoms with Gasteiger partial charge in [-0.25, -0.2) is 0 Å². The zero-order chi connectivity index (χ0) is 8.43. The SMILES string of the molecule is Nc1c(Cl)[c]ccc1[N+](=O)[O-]. The van der Waals surface area contributed by atoms with Crippen molar-refractivity contribution in [2.75, 3.05) is 5.73 Å². The number of benzene rings is 1. The number of rotatable bonds is 1. The summed E-state index contributed by atoms with van der Waals surface area (Å²) in [5.41, 5.74) is 5.05. The van der Waals surface area contributed by atoms with Gasteiger partial charge in [-0.1, -0.05) is 11.6 Å². The second kappa shape index (κ2) is 2.75. The highest BCUT2D eigenvalue weighted by molar-refractivity contribution is 6.33. The normalized spacial score (nSPS) is 9.55. The van der Waals surface area contributed by atoms with Crippen LogP contribution in [0.3, 0.4) is 0 Å². The standard InChI is InChI=1S/C6H4ClN2O2/c7-4-2-1-3-5(6(4)8)9(10)11/h1,3H,8H2. The van der Waals surface area contributed by atoms with Crippen LogP contribution in [0, 0.1) is 16.2 Å². The average Bonchev–Trinajstić information content (AvgIpc) is 1.94. The van der Waals surface area contributed by atoms with Crippen molar-refractivity contribution in [2.45, 2.75) is 0 Å². The Kier molecular flexibility index (Phi) is 1.96. The van der Waals surface area contributed by atoms with Gasteiger partial charge < -0.3 is 5.73 Å². The number of halogens is 1. The molecule has 0 spiro atoms. The van der Waals surface area contributed by atoms with Gasteiger partial charge in [0.25, 0.3) is 5.69 Å². The van der Waals surface area contributed by atoms with Crippen molar-refractivity contribution in [1.29, 1.82) is 0 Å². The largest absolute Gasteiger partial charge is 0.392 e. The molecule has 0 amide bonds. The Labute approximate surface area is 67.7 Å². The van der Waals surface area contributed by atoms with E-state index >= 15 is 0 Å². The van der Waals surface area contributed by atoms with E-state index in [9.17, 15) is 10.1 Å². The quantitative estimate of drug-likeness (QED) is 0.397. The summed E-state index contributed by atoms with van der Waals surface area (Å²) in [5.74, 6) is 0. The van der Waals surface area contributed by atoms with Crippen LogP contribution in [-0.4, -0.2) is 4.92 Å². The number of hydrogen-bond donors (Lipinski definition) is 1. The smallest absolute Gasteiger partial charge is 0.293 e. The van der Waals surface area contributed by atoms with Crippen LogP contribution >= 0.6 is 11.6 Å². The fraction of sp³-hybridized carbons (Fsp3) is 0. The highest BCUT2D eigenvalue weighted by Gasteiger charge is 2.12. The molecule has 0 saturated carbocycles. The summed E-state index contributed by atoms with van der Waals surface area (Å²) < 4.78 is 0. The molecule has 1 radical (unpaired) electrons. The molecule has 0 aliphatic heterocycles. The first-order valence-electron chi connectivity index (χ1n) is 2.73. The molecule has 0 unspecified atom stereocenters. The number of nitrogens with two attached hydrogens (primary N) is 1. The molecular weight excluding hydrogens is 168 g/mol. The van der Waals surface area contributed by atoms with Crippen molar-refractivity contribution < 1.29 is 4.92 Å². The monoisotopic (exact) mass is 171 g/mol. The number of nitrogens with zero attached hydrogens (tertiary/aromatic N) is 1. The minimum absolute atomic E-state index is 0.0424. The van der Waals surface area contributed by atoms with Crippen molar-refractivity contribution in [1.82, 2.24) is 0 Å². The van der Waals surface area contributed by atoms with Crippen molar-refractivity contribution in [3.05, 3.63) is 33.3 Å². The second-order valence-electron chi connectivity index (χ2n) is 1.85. The minimum atomic E-state index is -0.588. The molecule has 1 rings (SSSR count). The molecule has 11 heavy (non-hydrogen) atoms. The van der Waals surface area contributed by atoms with Crippen molar-refractivity contribution in [2.24, 2.45) is 0 Å². The van der Waals surface area contributed by atoms with E-state index in [0.717, 1.165) is 0 Å². The van der Waals surface area contributed by atoms with Crippen molar-refractivity contribution >= 4 is 23.0 Å². The van der Waals surface area contributed by atoms with E-state index in [0.29, 0.717) is 0 Å². The van der Waals surface area contributed by atoms with Gasteiger partial charge in [0, 0.05) is 12.1 Å². The summed E-state index contributed by atoms with van der Waals surface area (Å²) in [7, 11) is 0. The number of nitro benzene ring substituents is 1. The summed E-state index contributed by atoms with van der Waals surface area (Å²) in [4.78, 5) is 9.64. The van der Waals surface area contributed by atoms with E-state index in [1.165, 1.54) is 12.1 Å². The van der Waals surface area contributed by atoms with Gasteiger partial charge in [-0.3, -0.25) is 10.1 Å². The van der Waals surface area contributed by atoms with E-state index in [1.807, 2.05) is 0 Å². The molecule has 0 saturated heterocycles. The van der Waals surface area contributed by atoms with E-state index in [4.69, 9.17) is 17.3 Å². The predicted molar refractivity (Wildman–Crippen MR) is 41.4 cm³/mol. The van der Waals surface area contributed by atoms with Gasteiger partial charge in [-0.2, -0.15) is 0 Å². The molecular formula is C6H4ClN2O2. The van der Waals surface area contributed by atoms with Gasteiger partial charge >= 0.3 is 0 Å². The fourth-order valence-electron chi connectivity index (χ4n) is 0.633. The molecule has 1 aromatic carbocycles. The van der Waals surface area contributed by atoms with Crippen molar-refractivity contribution in [3.8, 4) is 0 Å². The Morgan fingerprint density at radius 3 is 2.82 bits per heavy atom. The average molecular weight is 172 g/mol. The molecule has 0 fully saturated rings. The lowest BCUT2D eigenvalue weighted by molar-refractivity contribution is -0.383. The fourth-order valence-corrected chi connectivity index (χ4v) is 0.793. The molecule has 4 nitrogen and oxygen atoms in total. The van der Waals surface area contributed by atoms with Crippen molar-refractivity contribution in [3.63, 3.8) is 0 Å². The van der Waals surface area contributed by atoms with E-state index in [2.05, 4.69) is 6.07 Å². The Hall–Kier alpha value is -1.29. The maximum Gasteiger partial charge on any atom is 0.293 e. The summed E-state index contributed by atoms with van der Waals surface area (Å²) in [5, 5.41) is 10.3. The Bertz CT molecular complexity index is 301. The third kappa shape index (κ3) is 1.40. The van der Waals surface area contributed by atoms with Crippen LogP contribution in [0.5, 0.6) is 0 Å². The zero-order valence-electron chi connectivity index (χ0n) is 5.37.